The second kappa shape index (κ2) is 3.28. The molecule has 0 aromatic heterocycles. The lowest BCUT2D eigenvalue weighted by Gasteiger charge is -2.23. The maximum atomic E-state index is 11.7. The molecule has 0 fully saturated rings. The number of carbonyl (C=O) groups is 1. The highest BCUT2D eigenvalue weighted by atomic mass is 16.1. The molecule has 2 heterocycles. The molecule has 1 N–H and O–H groups in total. The van der Waals surface area contributed by atoms with Crippen LogP contribution < -0.4 is 5.43 Å². The highest BCUT2D eigenvalue weighted by Gasteiger charge is 2.36. The van der Waals surface area contributed by atoms with Gasteiger partial charge in [-0.1, -0.05) is 6.92 Å². The summed E-state index contributed by atoms with van der Waals surface area (Å²) in [6.07, 6.45) is 5.87. The third kappa shape index (κ3) is 1.23. The molecule has 0 amide bonds. The molecule has 0 aromatic rings. The van der Waals surface area contributed by atoms with Gasteiger partial charge in [0.15, 0.2) is 5.78 Å². The molecule has 0 spiro atoms. The number of hydrazone groups is 1. The lowest BCUT2D eigenvalue weighted by atomic mass is 9.81. The van der Waals surface area contributed by atoms with Gasteiger partial charge in [-0.15, -0.1) is 0 Å². The van der Waals surface area contributed by atoms with E-state index in [0.29, 0.717) is 12.3 Å². The zero-order valence-electron chi connectivity index (χ0n) is 10.2. The Balaban J connectivity index is 1.97. The molecule has 90 valence electrons. The van der Waals surface area contributed by atoms with Crippen LogP contribution >= 0.6 is 0 Å². The number of ketones is 1. The van der Waals surface area contributed by atoms with Crippen LogP contribution in [0.5, 0.6) is 0 Å². The largest absolute Gasteiger partial charge is 0.294 e. The second-order valence-electron chi connectivity index (χ2n) is 5.36. The van der Waals surface area contributed by atoms with Crippen molar-refractivity contribution >= 4 is 17.7 Å². The van der Waals surface area contributed by atoms with Crippen molar-refractivity contribution in [1.29, 1.82) is 0 Å². The standard InChI is InChI=1S/C14H13N3O/c1-7-2-10-14-12(3-7)17-15-6-8-4-9(18)5-11(16-10)13(8)14/h4,6-7,17H,2-3,5H2,1H3. The monoisotopic (exact) mass is 239 g/mol. The zero-order chi connectivity index (χ0) is 12.3. The van der Waals surface area contributed by atoms with Crippen LogP contribution in [0.1, 0.15) is 26.2 Å². The zero-order valence-corrected chi connectivity index (χ0v) is 10.2. The highest BCUT2D eigenvalue weighted by molar-refractivity contribution is 6.16. The Morgan fingerprint density at radius 3 is 3.11 bits per heavy atom. The molecule has 2 aliphatic carbocycles. The predicted octanol–water partition coefficient (Wildman–Crippen LogP) is 1.87. The SMILES string of the molecule is CC1CC2=NC3=C4C(=CC(=O)C3)C=NNC(=C24)C1. The van der Waals surface area contributed by atoms with Gasteiger partial charge in [-0.25, -0.2) is 0 Å². The minimum absolute atomic E-state index is 0.121. The Morgan fingerprint density at radius 2 is 2.22 bits per heavy atom. The molecule has 4 heteroatoms. The Hall–Kier alpha value is -1.97. The van der Waals surface area contributed by atoms with E-state index < -0.39 is 0 Å². The van der Waals surface area contributed by atoms with Gasteiger partial charge in [0, 0.05) is 22.4 Å². The molecule has 1 atom stereocenters. The fourth-order valence-corrected chi connectivity index (χ4v) is 3.17. The smallest absolute Gasteiger partial charge is 0.162 e. The van der Waals surface area contributed by atoms with E-state index in [4.69, 9.17) is 4.99 Å². The summed E-state index contributed by atoms with van der Waals surface area (Å²) >= 11 is 0. The average Bonchev–Trinajstić information content (AvgIpc) is 2.54. The van der Waals surface area contributed by atoms with Crippen LogP contribution in [0.3, 0.4) is 0 Å². The Bertz CT molecular complexity index is 631. The molecule has 0 bridgehead atoms. The molecule has 4 nitrogen and oxygen atoms in total. The van der Waals surface area contributed by atoms with Gasteiger partial charge in [0.25, 0.3) is 0 Å². The number of nitrogens with one attached hydrogen (secondary N) is 1. The van der Waals surface area contributed by atoms with Crippen molar-refractivity contribution in [2.24, 2.45) is 16.0 Å². The van der Waals surface area contributed by atoms with Gasteiger partial charge < -0.3 is 0 Å². The van der Waals surface area contributed by atoms with Crippen LogP contribution in [0.25, 0.3) is 0 Å². The van der Waals surface area contributed by atoms with Crippen LogP contribution in [0, 0.1) is 5.92 Å². The highest BCUT2D eigenvalue weighted by Crippen LogP contribution is 2.42. The van der Waals surface area contributed by atoms with Gasteiger partial charge in [-0.05, 0) is 24.8 Å². The molecule has 0 saturated heterocycles. The van der Waals surface area contributed by atoms with Gasteiger partial charge >= 0.3 is 0 Å². The molecular weight excluding hydrogens is 226 g/mol. The first-order valence-electron chi connectivity index (χ1n) is 6.31. The Kier molecular flexibility index (Phi) is 1.82. The molecule has 0 saturated carbocycles. The van der Waals surface area contributed by atoms with E-state index in [2.05, 4.69) is 17.5 Å². The third-order valence-electron chi connectivity index (χ3n) is 3.84. The topological polar surface area (TPSA) is 53.8 Å². The number of hydrogen-bond donors (Lipinski definition) is 1. The second-order valence-corrected chi connectivity index (χ2v) is 5.36. The third-order valence-corrected chi connectivity index (χ3v) is 3.84. The van der Waals surface area contributed by atoms with E-state index in [0.717, 1.165) is 41.1 Å². The van der Waals surface area contributed by atoms with Gasteiger partial charge in [-0.2, -0.15) is 5.10 Å². The van der Waals surface area contributed by atoms with Crippen molar-refractivity contribution in [3.05, 3.63) is 34.2 Å². The van der Waals surface area contributed by atoms with Crippen LogP contribution in [0.15, 0.2) is 44.3 Å². The summed E-state index contributed by atoms with van der Waals surface area (Å²) in [6.45, 7) is 2.22. The van der Waals surface area contributed by atoms with Gasteiger partial charge in [-0.3, -0.25) is 15.2 Å². The van der Waals surface area contributed by atoms with Crippen molar-refractivity contribution in [3.8, 4) is 0 Å². The number of nitrogens with zero attached hydrogens (tertiary/aromatic N) is 2. The van der Waals surface area contributed by atoms with Gasteiger partial charge in [0.2, 0.25) is 0 Å². The minimum Gasteiger partial charge on any atom is -0.294 e. The van der Waals surface area contributed by atoms with E-state index in [1.54, 1.807) is 12.3 Å². The van der Waals surface area contributed by atoms with E-state index in [1.807, 2.05) is 0 Å². The lowest BCUT2D eigenvalue weighted by Crippen LogP contribution is -2.22. The number of aliphatic imine (C=N–C) groups is 1. The molecule has 18 heavy (non-hydrogen) atoms. The van der Waals surface area contributed by atoms with Crippen LogP contribution in [-0.2, 0) is 4.79 Å². The van der Waals surface area contributed by atoms with E-state index in [-0.39, 0.29) is 5.78 Å². The molecule has 4 rings (SSSR count). The number of carbonyl (C=O) groups excluding carboxylic acids is 1. The van der Waals surface area contributed by atoms with Gasteiger partial charge in [0.1, 0.15) is 0 Å². The summed E-state index contributed by atoms with van der Waals surface area (Å²) in [5.74, 6) is 0.697. The maximum absolute atomic E-state index is 11.7. The fourth-order valence-electron chi connectivity index (χ4n) is 3.17. The summed E-state index contributed by atoms with van der Waals surface area (Å²) in [6, 6.07) is 0. The summed E-state index contributed by atoms with van der Waals surface area (Å²) in [7, 11) is 0. The first-order chi connectivity index (χ1) is 8.72. The molecule has 1 unspecified atom stereocenters. The van der Waals surface area contributed by atoms with Crippen LogP contribution in [0.2, 0.25) is 0 Å². The predicted molar refractivity (Wildman–Crippen MR) is 69.2 cm³/mol. The normalized spacial score (nSPS) is 28.7. The lowest BCUT2D eigenvalue weighted by molar-refractivity contribution is -0.114. The van der Waals surface area contributed by atoms with Crippen molar-refractivity contribution < 1.29 is 4.79 Å². The first-order valence-corrected chi connectivity index (χ1v) is 6.31. The van der Waals surface area contributed by atoms with Crippen molar-refractivity contribution in [3.63, 3.8) is 0 Å². The Morgan fingerprint density at radius 1 is 1.33 bits per heavy atom. The summed E-state index contributed by atoms with van der Waals surface area (Å²) in [4.78, 5) is 16.4. The molecule has 0 radical (unpaired) electrons. The summed E-state index contributed by atoms with van der Waals surface area (Å²) in [5, 5.41) is 4.22. The molecular formula is C14H13N3O. The van der Waals surface area contributed by atoms with Crippen molar-refractivity contribution in [2.45, 2.75) is 26.2 Å². The first kappa shape index (κ1) is 10.00. The summed E-state index contributed by atoms with van der Waals surface area (Å²) < 4.78 is 0. The van der Waals surface area contributed by atoms with Gasteiger partial charge in [0.05, 0.1) is 24.0 Å². The van der Waals surface area contributed by atoms with Crippen molar-refractivity contribution in [1.82, 2.24) is 5.43 Å². The van der Waals surface area contributed by atoms with E-state index in [1.165, 1.54) is 5.57 Å². The average molecular weight is 239 g/mol. The molecule has 0 aromatic carbocycles. The Labute approximate surface area is 105 Å². The van der Waals surface area contributed by atoms with Crippen LogP contribution in [0.4, 0.5) is 0 Å². The minimum atomic E-state index is 0.121. The maximum Gasteiger partial charge on any atom is 0.162 e. The van der Waals surface area contributed by atoms with E-state index in [9.17, 15) is 4.79 Å². The number of allylic oxidation sites excluding steroid dienone is 6. The van der Waals surface area contributed by atoms with Crippen LogP contribution in [-0.4, -0.2) is 17.7 Å². The molecule has 2 aliphatic heterocycles. The fraction of sp³-hybridized carbons (Fsp3) is 0.357. The van der Waals surface area contributed by atoms with E-state index >= 15 is 0 Å². The van der Waals surface area contributed by atoms with Crippen molar-refractivity contribution in [2.75, 3.05) is 0 Å². The quantitative estimate of drug-likeness (QED) is 0.701. The summed E-state index contributed by atoms with van der Waals surface area (Å²) in [5.41, 5.74) is 9.61. The number of hydrogen-bond acceptors (Lipinski definition) is 4. The molecule has 4 aliphatic rings. The number of rotatable bonds is 0.